The van der Waals surface area contributed by atoms with Crippen LogP contribution in [0.1, 0.15) is 32.8 Å². The van der Waals surface area contributed by atoms with Crippen molar-refractivity contribution >= 4 is 17.3 Å². The summed E-state index contributed by atoms with van der Waals surface area (Å²) in [7, 11) is 0. The molecule has 0 aromatic heterocycles. The van der Waals surface area contributed by atoms with Crippen LogP contribution in [0.15, 0.2) is 29.4 Å². The number of hydrogen-bond donors (Lipinski definition) is 1. The van der Waals surface area contributed by atoms with Crippen molar-refractivity contribution in [3.05, 3.63) is 39.9 Å². The fourth-order valence-corrected chi connectivity index (χ4v) is 1.45. The minimum absolute atomic E-state index is 0.0281. The van der Waals surface area contributed by atoms with Gasteiger partial charge in [0.25, 0.3) is 5.69 Å². The second kappa shape index (κ2) is 6.63. The molecule has 0 atom stereocenters. The summed E-state index contributed by atoms with van der Waals surface area (Å²) in [5, 5.41) is 14.5. The summed E-state index contributed by atoms with van der Waals surface area (Å²) < 4.78 is 0. The number of hydrazone groups is 1. The van der Waals surface area contributed by atoms with Gasteiger partial charge in [-0.15, -0.1) is 0 Å². The highest BCUT2D eigenvalue weighted by molar-refractivity contribution is 5.99. The number of nitro groups is 1. The fourth-order valence-electron chi connectivity index (χ4n) is 1.45. The third-order valence-corrected chi connectivity index (χ3v) is 2.44. The first kappa shape index (κ1) is 14.8. The number of rotatable bonds is 5. The Kier molecular flexibility index (Phi) is 5.17. The lowest BCUT2D eigenvalue weighted by atomic mass is 10.1. The van der Waals surface area contributed by atoms with Gasteiger partial charge in [-0.3, -0.25) is 14.9 Å². The lowest BCUT2D eigenvalue weighted by Crippen LogP contribution is -2.20. The first-order valence-electron chi connectivity index (χ1n) is 5.98. The molecule has 0 heterocycles. The molecule has 6 heteroatoms. The van der Waals surface area contributed by atoms with Gasteiger partial charge in [0.1, 0.15) is 0 Å². The van der Waals surface area contributed by atoms with E-state index in [1.54, 1.807) is 19.1 Å². The minimum Gasteiger partial charge on any atom is -0.273 e. The molecule has 0 aliphatic carbocycles. The Morgan fingerprint density at radius 2 is 1.95 bits per heavy atom. The standard InChI is InChI=1S/C13H17N3O3/c1-9(2)8-13(17)15-14-10(3)11-4-6-12(7-5-11)16(18)19/h4-7,9H,8H2,1-3H3,(H,15,17). The second-order valence-electron chi connectivity index (χ2n) is 4.63. The molecule has 0 aliphatic heterocycles. The number of nitrogens with zero attached hydrogens (tertiary/aromatic N) is 2. The predicted octanol–water partition coefficient (Wildman–Crippen LogP) is 2.48. The van der Waals surface area contributed by atoms with Crippen molar-refractivity contribution in [2.24, 2.45) is 11.0 Å². The molecule has 0 fully saturated rings. The Balaban J connectivity index is 2.69. The predicted molar refractivity (Wildman–Crippen MR) is 72.9 cm³/mol. The van der Waals surface area contributed by atoms with Gasteiger partial charge in [-0.05, 0) is 30.5 Å². The van der Waals surface area contributed by atoms with Gasteiger partial charge in [0.2, 0.25) is 5.91 Å². The summed E-state index contributed by atoms with van der Waals surface area (Å²) in [6, 6.07) is 6.02. The smallest absolute Gasteiger partial charge is 0.269 e. The van der Waals surface area contributed by atoms with E-state index in [-0.39, 0.29) is 17.5 Å². The SMILES string of the molecule is CC(=NNC(=O)CC(C)C)c1ccc([N+](=O)[O-])cc1. The third kappa shape index (κ3) is 4.87. The fraction of sp³-hybridized carbons (Fsp3) is 0.385. The largest absolute Gasteiger partial charge is 0.273 e. The quantitative estimate of drug-likeness (QED) is 0.503. The van der Waals surface area contributed by atoms with Crippen molar-refractivity contribution in [2.45, 2.75) is 27.2 Å². The Morgan fingerprint density at radius 3 is 2.42 bits per heavy atom. The molecule has 0 saturated carbocycles. The van der Waals surface area contributed by atoms with Crippen LogP contribution in [0, 0.1) is 16.0 Å². The van der Waals surface area contributed by atoms with E-state index in [9.17, 15) is 14.9 Å². The molecule has 0 unspecified atom stereocenters. The molecule has 19 heavy (non-hydrogen) atoms. The van der Waals surface area contributed by atoms with Crippen LogP contribution in [0.25, 0.3) is 0 Å². The lowest BCUT2D eigenvalue weighted by Gasteiger charge is -2.04. The molecule has 102 valence electrons. The van der Waals surface area contributed by atoms with Crippen LogP contribution in [0.3, 0.4) is 0 Å². The van der Waals surface area contributed by atoms with Crippen molar-refractivity contribution in [1.82, 2.24) is 5.43 Å². The van der Waals surface area contributed by atoms with E-state index in [4.69, 9.17) is 0 Å². The van der Waals surface area contributed by atoms with E-state index in [2.05, 4.69) is 10.5 Å². The second-order valence-corrected chi connectivity index (χ2v) is 4.63. The van der Waals surface area contributed by atoms with Gasteiger partial charge in [-0.25, -0.2) is 5.43 Å². The van der Waals surface area contributed by atoms with Crippen molar-refractivity contribution in [1.29, 1.82) is 0 Å². The summed E-state index contributed by atoms with van der Waals surface area (Å²) in [6.45, 7) is 5.63. The monoisotopic (exact) mass is 263 g/mol. The van der Waals surface area contributed by atoms with Crippen molar-refractivity contribution in [3.63, 3.8) is 0 Å². The molecule has 0 saturated heterocycles. The molecule has 6 nitrogen and oxygen atoms in total. The highest BCUT2D eigenvalue weighted by atomic mass is 16.6. The lowest BCUT2D eigenvalue weighted by molar-refractivity contribution is -0.384. The molecule has 1 aromatic rings. The van der Waals surface area contributed by atoms with Crippen LogP contribution in [0.5, 0.6) is 0 Å². The minimum atomic E-state index is -0.458. The molecule has 1 aromatic carbocycles. The maximum absolute atomic E-state index is 11.4. The topological polar surface area (TPSA) is 84.6 Å². The Hall–Kier alpha value is -2.24. The van der Waals surface area contributed by atoms with Gasteiger partial charge in [-0.2, -0.15) is 5.10 Å². The maximum atomic E-state index is 11.4. The zero-order chi connectivity index (χ0) is 14.4. The van der Waals surface area contributed by atoms with E-state index in [0.29, 0.717) is 12.1 Å². The molecule has 1 N–H and O–H groups in total. The van der Waals surface area contributed by atoms with Crippen molar-refractivity contribution in [2.75, 3.05) is 0 Å². The van der Waals surface area contributed by atoms with Crippen molar-refractivity contribution in [3.8, 4) is 0 Å². The number of nitrogens with one attached hydrogen (secondary N) is 1. The summed E-state index contributed by atoms with van der Waals surface area (Å²) in [6.07, 6.45) is 0.414. The number of carbonyl (C=O) groups is 1. The van der Waals surface area contributed by atoms with Gasteiger partial charge in [0, 0.05) is 18.6 Å². The average Bonchev–Trinajstić information content (AvgIpc) is 2.35. The van der Waals surface area contributed by atoms with Gasteiger partial charge in [0.15, 0.2) is 0 Å². The highest BCUT2D eigenvalue weighted by Crippen LogP contribution is 2.12. The van der Waals surface area contributed by atoms with Gasteiger partial charge < -0.3 is 0 Å². The molecule has 0 spiro atoms. The average molecular weight is 263 g/mol. The zero-order valence-corrected chi connectivity index (χ0v) is 11.2. The maximum Gasteiger partial charge on any atom is 0.269 e. The number of carbonyl (C=O) groups excluding carboxylic acids is 1. The molecule has 1 amide bonds. The normalized spacial score (nSPS) is 11.5. The van der Waals surface area contributed by atoms with E-state index in [1.165, 1.54) is 12.1 Å². The molecule has 0 bridgehead atoms. The Morgan fingerprint density at radius 1 is 1.37 bits per heavy atom. The van der Waals surface area contributed by atoms with E-state index >= 15 is 0 Å². The van der Waals surface area contributed by atoms with Crippen LogP contribution in [0.2, 0.25) is 0 Å². The molecular weight excluding hydrogens is 246 g/mol. The summed E-state index contributed by atoms with van der Waals surface area (Å²) in [4.78, 5) is 21.5. The van der Waals surface area contributed by atoms with Crippen LogP contribution in [0.4, 0.5) is 5.69 Å². The molecular formula is C13H17N3O3. The van der Waals surface area contributed by atoms with E-state index in [0.717, 1.165) is 5.56 Å². The summed E-state index contributed by atoms with van der Waals surface area (Å²) in [5.41, 5.74) is 3.83. The Labute approximate surface area is 111 Å². The van der Waals surface area contributed by atoms with Crippen molar-refractivity contribution < 1.29 is 9.72 Å². The summed E-state index contributed by atoms with van der Waals surface area (Å²) in [5.74, 6) is 0.131. The van der Waals surface area contributed by atoms with Crippen LogP contribution >= 0.6 is 0 Å². The molecule has 0 radical (unpaired) electrons. The zero-order valence-electron chi connectivity index (χ0n) is 11.2. The summed E-state index contributed by atoms with van der Waals surface area (Å²) >= 11 is 0. The van der Waals surface area contributed by atoms with Gasteiger partial charge in [-0.1, -0.05) is 13.8 Å². The first-order chi connectivity index (χ1) is 8.90. The Bertz CT molecular complexity index is 492. The number of nitro benzene ring substituents is 1. The van der Waals surface area contributed by atoms with Crippen LogP contribution in [-0.2, 0) is 4.79 Å². The number of non-ortho nitro benzene ring substituents is 1. The first-order valence-corrected chi connectivity index (χ1v) is 5.98. The van der Waals surface area contributed by atoms with E-state index in [1.807, 2.05) is 13.8 Å². The van der Waals surface area contributed by atoms with E-state index < -0.39 is 4.92 Å². The number of benzene rings is 1. The number of hydrogen-bond acceptors (Lipinski definition) is 4. The van der Waals surface area contributed by atoms with Gasteiger partial charge >= 0.3 is 0 Å². The van der Waals surface area contributed by atoms with Crippen LogP contribution < -0.4 is 5.43 Å². The number of amides is 1. The highest BCUT2D eigenvalue weighted by Gasteiger charge is 2.06. The van der Waals surface area contributed by atoms with Crippen LogP contribution in [-0.4, -0.2) is 16.5 Å². The molecule has 0 aliphatic rings. The molecule has 1 rings (SSSR count). The van der Waals surface area contributed by atoms with Gasteiger partial charge in [0.05, 0.1) is 10.6 Å². The third-order valence-electron chi connectivity index (χ3n) is 2.44.